The second-order valence-electron chi connectivity index (χ2n) is 8.44. The lowest BCUT2D eigenvalue weighted by Gasteiger charge is -2.37. The maximum absolute atomic E-state index is 13.3. The molecule has 3 aromatic rings. The molecule has 1 N–H and O–H groups in total. The summed E-state index contributed by atoms with van der Waals surface area (Å²) >= 11 is 0. The highest BCUT2D eigenvalue weighted by molar-refractivity contribution is 5.93. The van der Waals surface area contributed by atoms with Gasteiger partial charge in [-0.1, -0.05) is 55.0 Å². The summed E-state index contributed by atoms with van der Waals surface area (Å²) in [6.07, 6.45) is 5.55. The van der Waals surface area contributed by atoms with Gasteiger partial charge in [-0.2, -0.15) is 0 Å². The first-order valence-electron chi connectivity index (χ1n) is 10.4. The van der Waals surface area contributed by atoms with Crippen molar-refractivity contribution in [1.29, 1.82) is 0 Å². The fraction of sp³-hybridized carbons (Fsp3) is 0.400. The van der Waals surface area contributed by atoms with E-state index in [0.29, 0.717) is 12.2 Å². The van der Waals surface area contributed by atoms with Crippen molar-refractivity contribution in [3.63, 3.8) is 0 Å². The maximum Gasteiger partial charge on any atom is 0.143 e. The summed E-state index contributed by atoms with van der Waals surface area (Å²) in [6.45, 7) is 0.992. The molecule has 3 nitrogen and oxygen atoms in total. The average molecular weight is 375 g/mol. The first-order chi connectivity index (χ1) is 13.6. The molecule has 1 atom stereocenters. The predicted octanol–water partition coefficient (Wildman–Crippen LogP) is 4.90. The Morgan fingerprint density at radius 3 is 2.50 bits per heavy atom. The molecule has 0 bridgehead atoms. The van der Waals surface area contributed by atoms with Crippen molar-refractivity contribution in [1.82, 2.24) is 9.88 Å². The number of para-hydroxylation sites is 1. The number of H-pyrrole nitrogens is 1. The monoisotopic (exact) mass is 374 g/mol. The molecule has 1 aliphatic carbocycles. The number of likely N-dealkylation sites (N-methyl/N-ethyl adjacent to an activating group) is 1. The molecular formula is C25H30N2O. The van der Waals surface area contributed by atoms with E-state index in [-0.39, 0.29) is 0 Å². The number of hydrogen-bond acceptors (Lipinski definition) is 2. The van der Waals surface area contributed by atoms with Crippen LogP contribution in [0.5, 0.6) is 0 Å². The van der Waals surface area contributed by atoms with Gasteiger partial charge in [-0.15, -0.1) is 0 Å². The number of nitrogens with one attached hydrogen (secondary N) is 1. The summed E-state index contributed by atoms with van der Waals surface area (Å²) < 4.78 is 0. The van der Waals surface area contributed by atoms with Gasteiger partial charge in [-0.3, -0.25) is 4.79 Å². The number of aromatic amines is 1. The number of hydrogen-bond donors (Lipinski definition) is 1. The number of carbonyl (C=O) groups excluding carboxylic acids is 1. The van der Waals surface area contributed by atoms with E-state index >= 15 is 0 Å². The summed E-state index contributed by atoms with van der Waals surface area (Å²) in [7, 11) is 4.22. The third-order valence-corrected chi connectivity index (χ3v) is 6.31. The van der Waals surface area contributed by atoms with Crippen molar-refractivity contribution in [2.24, 2.45) is 0 Å². The van der Waals surface area contributed by atoms with Crippen LogP contribution in [-0.2, 0) is 23.1 Å². The number of Topliss-reactive ketones (excluding diaryl/α,β-unsaturated/α-hetero) is 1. The molecule has 146 valence electrons. The number of ketones is 1. The molecule has 0 radical (unpaired) electrons. The van der Waals surface area contributed by atoms with Crippen molar-refractivity contribution in [2.75, 3.05) is 20.6 Å². The molecule has 0 saturated heterocycles. The van der Waals surface area contributed by atoms with Crippen LogP contribution in [0.3, 0.4) is 0 Å². The summed E-state index contributed by atoms with van der Waals surface area (Å²) in [4.78, 5) is 19.2. The lowest BCUT2D eigenvalue weighted by atomic mass is 9.65. The normalized spacial score (nSPS) is 20.2. The van der Waals surface area contributed by atoms with Gasteiger partial charge in [-0.05, 0) is 50.6 Å². The fourth-order valence-corrected chi connectivity index (χ4v) is 4.75. The van der Waals surface area contributed by atoms with Crippen LogP contribution in [-0.4, -0.2) is 36.3 Å². The van der Waals surface area contributed by atoms with Crippen LogP contribution in [0.25, 0.3) is 10.9 Å². The molecule has 1 aliphatic rings. The van der Waals surface area contributed by atoms with Crippen LogP contribution in [0.2, 0.25) is 0 Å². The van der Waals surface area contributed by atoms with E-state index < -0.39 is 5.41 Å². The van der Waals surface area contributed by atoms with Gasteiger partial charge in [0.05, 0.1) is 5.41 Å². The molecule has 4 rings (SSSR count). The van der Waals surface area contributed by atoms with E-state index in [0.717, 1.165) is 38.6 Å². The predicted molar refractivity (Wildman–Crippen MR) is 116 cm³/mol. The van der Waals surface area contributed by atoms with Gasteiger partial charge in [-0.25, -0.2) is 0 Å². The number of aromatic nitrogens is 1. The smallest absolute Gasteiger partial charge is 0.143 e. The van der Waals surface area contributed by atoms with Gasteiger partial charge in [0.1, 0.15) is 5.78 Å². The van der Waals surface area contributed by atoms with Crippen LogP contribution in [0, 0.1) is 0 Å². The molecule has 0 spiro atoms. The molecule has 1 heterocycles. The Labute approximate surface area is 167 Å². The van der Waals surface area contributed by atoms with Gasteiger partial charge in [0.2, 0.25) is 0 Å². The van der Waals surface area contributed by atoms with Crippen LogP contribution in [0.4, 0.5) is 0 Å². The number of carbonyl (C=O) groups is 1. The van der Waals surface area contributed by atoms with E-state index in [2.05, 4.69) is 72.5 Å². The number of fused-ring (bicyclic) bond motifs is 1. The minimum atomic E-state index is -0.392. The lowest BCUT2D eigenvalue weighted by Crippen LogP contribution is -2.41. The van der Waals surface area contributed by atoms with Crippen molar-refractivity contribution >= 4 is 16.7 Å². The molecule has 3 heteroatoms. The standard InChI is InChI=1S/C25H30N2O/c1-27(2)17-15-23-21(20-12-6-7-13-22(20)26-23)18-25(16-9-8-14-24(25)28)19-10-4-3-5-11-19/h3-7,10-13,26H,8-9,14-18H2,1-2H3. The van der Waals surface area contributed by atoms with Crippen molar-refractivity contribution < 1.29 is 4.79 Å². The van der Waals surface area contributed by atoms with E-state index in [4.69, 9.17) is 0 Å². The molecule has 1 saturated carbocycles. The minimum absolute atomic E-state index is 0.392. The number of benzene rings is 2. The first kappa shape index (κ1) is 18.9. The molecule has 1 fully saturated rings. The summed E-state index contributed by atoms with van der Waals surface area (Å²) in [5, 5.41) is 1.27. The van der Waals surface area contributed by atoms with Crippen molar-refractivity contribution in [2.45, 2.75) is 43.9 Å². The van der Waals surface area contributed by atoms with Gasteiger partial charge >= 0.3 is 0 Å². The molecular weight excluding hydrogens is 344 g/mol. The van der Waals surface area contributed by atoms with Crippen LogP contribution in [0.15, 0.2) is 54.6 Å². The van der Waals surface area contributed by atoms with Gasteiger partial charge in [0.15, 0.2) is 0 Å². The third kappa shape index (κ3) is 3.51. The zero-order chi connectivity index (χ0) is 19.6. The van der Waals surface area contributed by atoms with Crippen molar-refractivity contribution in [3.05, 3.63) is 71.4 Å². The SMILES string of the molecule is CN(C)CCc1[nH]c2ccccc2c1CC1(c2ccccc2)CCCCC1=O. The van der Waals surface area contributed by atoms with E-state index in [1.165, 1.54) is 27.7 Å². The molecule has 0 amide bonds. The van der Waals surface area contributed by atoms with E-state index in [1.54, 1.807) is 0 Å². The molecule has 1 aromatic heterocycles. The lowest BCUT2D eigenvalue weighted by molar-refractivity contribution is -0.126. The minimum Gasteiger partial charge on any atom is -0.358 e. The fourth-order valence-electron chi connectivity index (χ4n) is 4.75. The largest absolute Gasteiger partial charge is 0.358 e. The molecule has 2 aromatic carbocycles. The summed E-state index contributed by atoms with van der Waals surface area (Å²) in [5.41, 5.74) is 4.58. The van der Waals surface area contributed by atoms with Crippen molar-refractivity contribution in [3.8, 4) is 0 Å². The number of rotatable bonds is 6. The third-order valence-electron chi connectivity index (χ3n) is 6.31. The van der Waals surface area contributed by atoms with Gasteiger partial charge < -0.3 is 9.88 Å². The second-order valence-corrected chi connectivity index (χ2v) is 8.44. The van der Waals surface area contributed by atoms with E-state index in [9.17, 15) is 4.79 Å². The zero-order valence-corrected chi connectivity index (χ0v) is 17.0. The Kier molecular flexibility index (Phi) is 5.36. The quantitative estimate of drug-likeness (QED) is 0.666. The molecule has 28 heavy (non-hydrogen) atoms. The summed E-state index contributed by atoms with van der Waals surface area (Å²) in [6, 6.07) is 19.0. The van der Waals surface area contributed by atoms with Crippen LogP contribution in [0.1, 0.15) is 42.5 Å². The van der Waals surface area contributed by atoms with E-state index in [1.807, 2.05) is 6.07 Å². The van der Waals surface area contributed by atoms with Crippen LogP contribution < -0.4 is 0 Å². The average Bonchev–Trinajstić information content (AvgIpc) is 3.06. The Bertz CT molecular complexity index is 957. The Morgan fingerprint density at radius 2 is 1.75 bits per heavy atom. The molecule has 0 aliphatic heterocycles. The Balaban J connectivity index is 1.81. The highest BCUT2D eigenvalue weighted by Gasteiger charge is 2.42. The topological polar surface area (TPSA) is 36.1 Å². The van der Waals surface area contributed by atoms with Gasteiger partial charge in [0.25, 0.3) is 0 Å². The maximum atomic E-state index is 13.3. The van der Waals surface area contributed by atoms with Gasteiger partial charge in [0, 0.05) is 36.0 Å². The Hall–Kier alpha value is -2.39. The molecule has 1 unspecified atom stereocenters. The zero-order valence-electron chi connectivity index (χ0n) is 17.0. The second kappa shape index (κ2) is 7.92. The van der Waals surface area contributed by atoms with Crippen LogP contribution >= 0.6 is 0 Å². The number of nitrogens with zero attached hydrogens (tertiary/aromatic N) is 1. The highest BCUT2D eigenvalue weighted by atomic mass is 16.1. The highest BCUT2D eigenvalue weighted by Crippen LogP contribution is 2.41. The summed E-state index contributed by atoms with van der Waals surface area (Å²) in [5.74, 6) is 0.411. The Morgan fingerprint density at radius 1 is 1.00 bits per heavy atom. The first-order valence-corrected chi connectivity index (χ1v) is 10.4.